The molecule has 4 fully saturated rings. The average molecular weight is 961 g/mol. The van der Waals surface area contributed by atoms with Crippen molar-refractivity contribution in [2.24, 2.45) is 11.7 Å². The number of piperidine rings is 2. The second-order valence-corrected chi connectivity index (χ2v) is 19.3. The summed E-state index contributed by atoms with van der Waals surface area (Å²) in [6.45, 7) is 11.3. The predicted octanol–water partition coefficient (Wildman–Crippen LogP) is 6.63. The molecule has 4 aliphatic rings. The standard InChI is InChI=1S/C28H40N6O2.C24H29FN6O3/c1-19-14-22(10-11-23(19)28(36)32(3)4)31-27-15-25(24(17-30-27)26-9-7-12-33(26)5)29-16-21-8-6-13-34(18-21)20(2)35;1-15(32)31-8-3-5-17(14-31)29(2)21-12-22(27-13-19(21)23(26)33)28-16-6-7-20(25)18(11-16)24(34)30-9-4-10-30/h10-11,14-15,17,21,26H,6-9,12-13,16,18H2,1-5H3,(H2,29,30,31);6-7,11-13,17H,3-5,8-10,14H2,1-2H3,(H2,26,33)(H,27,28)/t21?,26-;17-/m11/s1. The van der Waals surface area contributed by atoms with Crippen LogP contribution in [-0.2, 0) is 9.59 Å². The maximum atomic E-state index is 14.3. The topological polar surface area (TPSA) is 193 Å². The van der Waals surface area contributed by atoms with Crippen molar-refractivity contribution in [2.45, 2.75) is 77.8 Å². The molecule has 4 aliphatic heterocycles. The molecule has 0 bridgehead atoms. The van der Waals surface area contributed by atoms with E-state index in [2.05, 4.69) is 38.9 Å². The number of aryl methyl sites for hydroxylation is 1. The Morgan fingerprint density at radius 2 is 1.36 bits per heavy atom. The van der Waals surface area contributed by atoms with Crippen molar-refractivity contribution < 1.29 is 28.4 Å². The number of amides is 5. The van der Waals surface area contributed by atoms with Crippen molar-refractivity contribution in [1.82, 2.24) is 34.5 Å². The van der Waals surface area contributed by atoms with Gasteiger partial charge in [0.1, 0.15) is 17.5 Å². The van der Waals surface area contributed by atoms with Crippen molar-refractivity contribution in [1.29, 1.82) is 0 Å². The first-order valence-corrected chi connectivity index (χ1v) is 24.4. The van der Waals surface area contributed by atoms with E-state index >= 15 is 0 Å². The number of hydrogen-bond donors (Lipinski definition) is 4. The second kappa shape index (κ2) is 22.7. The maximum Gasteiger partial charge on any atom is 0.256 e. The number of pyridine rings is 2. The third-order valence-corrected chi connectivity index (χ3v) is 14.0. The first kappa shape index (κ1) is 51.0. The molecule has 1 unspecified atom stereocenters. The molecule has 4 saturated heterocycles. The number of nitrogens with one attached hydrogen (secondary N) is 3. The Morgan fingerprint density at radius 3 is 1.99 bits per heavy atom. The number of nitrogens with zero attached hydrogens (tertiary/aromatic N) is 8. The van der Waals surface area contributed by atoms with E-state index in [0.29, 0.717) is 60.9 Å². The van der Waals surface area contributed by atoms with Crippen molar-refractivity contribution in [3.63, 3.8) is 0 Å². The van der Waals surface area contributed by atoms with E-state index < -0.39 is 11.7 Å². The number of hydrogen-bond acceptors (Lipinski definition) is 12. The summed E-state index contributed by atoms with van der Waals surface area (Å²) >= 11 is 0. The van der Waals surface area contributed by atoms with Crippen molar-refractivity contribution in [2.75, 3.05) is 101 Å². The fourth-order valence-corrected chi connectivity index (χ4v) is 9.75. The Morgan fingerprint density at radius 1 is 0.729 bits per heavy atom. The van der Waals surface area contributed by atoms with Crippen LogP contribution in [0.15, 0.2) is 60.9 Å². The van der Waals surface area contributed by atoms with Gasteiger partial charge in [0.05, 0.1) is 16.8 Å². The summed E-state index contributed by atoms with van der Waals surface area (Å²) in [6, 6.07) is 14.2. The third-order valence-electron chi connectivity index (χ3n) is 14.0. The number of benzene rings is 2. The van der Waals surface area contributed by atoms with Crippen LogP contribution in [0.5, 0.6) is 0 Å². The minimum absolute atomic E-state index is 0.000232. The molecule has 0 spiro atoms. The van der Waals surface area contributed by atoms with Gasteiger partial charge in [-0.25, -0.2) is 14.4 Å². The number of primary amides is 1. The summed E-state index contributed by atoms with van der Waals surface area (Å²) < 4.78 is 14.3. The summed E-state index contributed by atoms with van der Waals surface area (Å²) in [6.07, 6.45) is 10.5. The number of carbonyl (C=O) groups excluding carboxylic acids is 5. The molecule has 17 nitrogen and oxygen atoms in total. The van der Waals surface area contributed by atoms with E-state index in [1.807, 2.05) is 48.2 Å². The maximum absolute atomic E-state index is 14.3. The summed E-state index contributed by atoms with van der Waals surface area (Å²) in [5.74, 6) is 0.281. The highest BCUT2D eigenvalue weighted by atomic mass is 19.1. The molecular formula is C52H69FN12O5. The van der Waals surface area contributed by atoms with Gasteiger partial charge in [-0.05, 0) is 113 Å². The van der Waals surface area contributed by atoms with Gasteiger partial charge < -0.3 is 46.2 Å². The van der Waals surface area contributed by atoms with Crippen LogP contribution in [0, 0.1) is 18.7 Å². The highest BCUT2D eigenvalue weighted by Crippen LogP contribution is 2.37. The summed E-state index contributed by atoms with van der Waals surface area (Å²) in [5.41, 5.74) is 11.8. The number of anilines is 6. The Balaban J connectivity index is 0.000000207. The molecule has 5 amide bonds. The fraction of sp³-hybridized carbons (Fsp3) is 0.481. The van der Waals surface area contributed by atoms with Gasteiger partial charge in [-0.2, -0.15) is 0 Å². The van der Waals surface area contributed by atoms with Gasteiger partial charge in [0.2, 0.25) is 11.8 Å². The van der Waals surface area contributed by atoms with E-state index in [0.717, 1.165) is 87.5 Å². The molecule has 70 heavy (non-hydrogen) atoms. The monoisotopic (exact) mass is 961 g/mol. The van der Waals surface area contributed by atoms with Crippen LogP contribution in [0.25, 0.3) is 0 Å². The van der Waals surface area contributed by atoms with Gasteiger partial charge in [0, 0.05) is 146 Å². The normalized spacial score (nSPS) is 19.0. The Kier molecular flexibility index (Phi) is 16.6. The van der Waals surface area contributed by atoms with Crippen LogP contribution in [0.1, 0.15) is 107 Å². The van der Waals surface area contributed by atoms with E-state index in [-0.39, 0.29) is 40.8 Å². The van der Waals surface area contributed by atoms with Gasteiger partial charge in [-0.3, -0.25) is 28.9 Å². The van der Waals surface area contributed by atoms with Crippen LogP contribution in [0.4, 0.5) is 38.8 Å². The van der Waals surface area contributed by atoms with Gasteiger partial charge in [0.15, 0.2) is 0 Å². The molecule has 8 rings (SSSR count). The molecule has 0 saturated carbocycles. The summed E-state index contributed by atoms with van der Waals surface area (Å²) in [7, 11) is 7.57. The number of rotatable bonds is 13. The van der Waals surface area contributed by atoms with Crippen molar-refractivity contribution >= 4 is 63.9 Å². The number of halogens is 1. The lowest BCUT2D eigenvalue weighted by atomic mass is 9.97. The van der Waals surface area contributed by atoms with Crippen LogP contribution in [-0.4, -0.2) is 151 Å². The summed E-state index contributed by atoms with van der Waals surface area (Å²) in [5, 5.41) is 10.2. The minimum Gasteiger partial charge on any atom is -0.384 e. The number of nitrogens with two attached hydrogens (primary N) is 1. The molecule has 18 heteroatoms. The highest BCUT2D eigenvalue weighted by Gasteiger charge is 2.30. The number of likely N-dealkylation sites (N-methyl/N-ethyl adjacent to an activating group) is 1. The quantitative estimate of drug-likeness (QED) is 0.112. The second-order valence-electron chi connectivity index (χ2n) is 19.3. The lowest BCUT2D eigenvalue weighted by Gasteiger charge is -2.38. The zero-order chi connectivity index (χ0) is 50.2. The van der Waals surface area contributed by atoms with Crippen LogP contribution in [0.2, 0.25) is 0 Å². The minimum atomic E-state index is -0.607. The van der Waals surface area contributed by atoms with E-state index in [4.69, 9.17) is 10.7 Å². The number of aromatic nitrogens is 2. The first-order chi connectivity index (χ1) is 33.5. The van der Waals surface area contributed by atoms with Gasteiger partial charge in [-0.1, -0.05) is 0 Å². The van der Waals surface area contributed by atoms with Crippen LogP contribution >= 0.6 is 0 Å². The smallest absolute Gasteiger partial charge is 0.256 e. The molecule has 2 aromatic heterocycles. The van der Waals surface area contributed by atoms with Crippen LogP contribution in [0.3, 0.4) is 0 Å². The first-order valence-electron chi connectivity index (χ1n) is 24.4. The molecule has 4 aromatic rings. The molecule has 0 aliphatic carbocycles. The molecule has 0 radical (unpaired) electrons. The Labute approximate surface area is 410 Å². The van der Waals surface area contributed by atoms with Crippen molar-refractivity contribution in [3.8, 4) is 0 Å². The highest BCUT2D eigenvalue weighted by molar-refractivity contribution is 5.99. The number of likely N-dealkylation sites (tertiary alicyclic amines) is 4. The molecule has 374 valence electrons. The molecule has 3 atom stereocenters. The Hall–Kier alpha value is -6.82. The van der Waals surface area contributed by atoms with Crippen LogP contribution < -0.4 is 26.6 Å². The molecule has 6 heterocycles. The Bertz CT molecular complexity index is 2570. The zero-order valence-electron chi connectivity index (χ0n) is 41.7. The molecule has 2 aromatic carbocycles. The van der Waals surface area contributed by atoms with Gasteiger partial charge >= 0.3 is 0 Å². The number of carbonyl (C=O) groups is 5. The fourth-order valence-electron chi connectivity index (χ4n) is 9.75. The lowest BCUT2D eigenvalue weighted by molar-refractivity contribution is -0.131. The van der Waals surface area contributed by atoms with Crippen molar-refractivity contribution in [3.05, 3.63) is 94.6 Å². The zero-order valence-corrected chi connectivity index (χ0v) is 41.7. The SMILES string of the molecule is CC(=O)N1CCCC(CNc2cc(Nc3ccc(C(=O)N(C)C)c(C)c3)ncc2[C@H]2CCCN2C)C1.CC(=O)N1CCC[C@@H](N(C)c2cc(Nc3ccc(F)c(C(=O)N4CCC4)c3)ncc2C(N)=O)C1. The average Bonchev–Trinajstić information content (AvgIpc) is 3.75. The van der Waals surface area contributed by atoms with E-state index in [9.17, 15) is 28.4 Å². The lowest BCUT2D eigenvalue weighted by Crippen LogP contribution is -2.48. The largest absolute Gasteiger partial charge is 0.384 e. The predicted molar refractivity (Wildman–Crippen MR) is 271 cm³/mol. The van der Waals surface area contributed by atoms with E-state index in [1.165, 1.54) is 36.4 Å². The van der Waals surface area contributed by atoms with E-state index in [1.54, 1.807) is 48.7 Å². The molecular weight excluding hydrogens is 892 g/mol. The molecule has 5 N–H and O–H groups in total. The third kappa shape index (κ3) is 12.3. The summed E-state index contributed by atoms with van der Waals surface area (Å²) in [4.78, 5) is 81.1. The van der Waals surface area contributed by atoms with Gasteiger partial charge in [0.25, 0.3) is 17.7 Å². The van der Waals surface area contributed by atoms with Gasteiger partial charge in [-0.15, -0.1) is 0 Å².